The molecule has 0 aliphatic heterocycles. The maximum Gasteiger partial charge on any atom is 0.107 e. The van der Waals surface area contributed by atoms with Crippen molar-refractivity contribution in [2.45, 2.75) is 77.7 Å². The quantitative estimate of drug-likeness (QED) is 0.864. The van der Waals surface area contributed by atoms with Crippen LogP contribution in [-0.2, 0) is 17.9 Å². The highest BCUT2D eigenvalue weighted by molar-refractivity contribution is 7.09. The van der Waals surface area contributed by atoms with Crippen molar-refractivity contribution in [1.29, 1.82) is 0 Å². The second-order valence-electron chi connectivity index (χ2n) is 7.06. The lowest BCUT2D eigenvalue weighted by Crippen LogP contribution is -2.26. The van der Waals surface area contributed by atoms with E-state index in [-0.39, 0.29) is 0 Å². The number of nitrogens with zero attached hydrogens (tertiary/aromatic N) is 1. The number of nitrogens with one attached hydrogen (secondary N) is 1. The van der Waals surface area contributed by atoms with E-state index in [1.54, 1.807) is 11.3 Å². The first-order chi connectivity index (χ1) is 9.61. The minimum absolute atomic E-state index is 0.442. The molecule has 112 valence electrons. The fourth-order valence-corrected chi connectivity index (χ4v) is 3.49. The van der Waals surface area contributed by atoms with Gasteiger partial charge in [-0.1, -0.05) is 13.8 Å². The topological polar surface area (TPSA) is 34.1 Å². The van der Waals surface area contributed by atoms with Gasteiger partial charge in [0.2, 0.25) is 0 Å². The van der Waals surface area contributed by atoms with E-state index >= 15 is 0 Å². The summed E-state index contributed by atoms with van der Waals surface area (Å²) in [4.78, 5) is 4.65. The number of aromatic nitrogens is 1. The molecule has 0 aromatic carbocycles. The second-order valence-corrected chi connectivity index (χ2v) is 8.00. The van der Waals surface area contributed by atoms with Crippen molar-refractivity contribution in [2.24, 2.45) is 5.41 Å². The molecule has 20 heavy (non-hydrogen) atoms. The van der Waals surface area contributed by atoms with Crippen molar-refractivity contribution in [3.8, 4) is 0 Å². The molecule has 0 atom stereocenters. The summed E-state index contributed by atoms with van der Waals surface area (Å²) >= 11 is 1.75. The molecule has 1 N–H and O–H groups in total. The molecule has 4 heteroatoms. The van der Waals surface area contributed by atoms with Gasteiger partial charge in [-0.25, -0.2) is 4.98 Å². The zero-order valence-electron chi connectivity index (χ0n) is 12.7. The highest BCUT2D eigenvalue weighted by atomic mass is 32.1. The van der Waals surface area contributed by atoms with Crippen LogP contribution in [0.2, 0.25) is 0 Å². The summed E-state index contributed by atoms with van der Waals surface area (Å²) in [6.45, 7) is 6.34. The van der Waals surface area contributed by atoms with E-state index in [2.05, 4.69) is 29.5 Å². The maximum absolute atomic E-state index is 6.04. The van der Waals surface area contributed by atoms with Crippen LogP contribution in [-0.4, -0.2) is 17.1 Å². The third-order valence-corrected chi connectivity index (χ3v) is 5.37. The van der Waals surface area contributed by atoms with Crippen molar-refractivity contribution in [3.63, 3.8) is 0 Å². The summed E-state index contributed by atoms with van der Waals surface area (Å²) in [5.41, 5.74) is 1.62. The van der Waals surface area contributed by atoms with Crippen LogP contribution in [0.4, 0.5) is 0 Å². The molecule has 0 saturated heterocycles. The van der Waals surface area contributed by atoms with Gasteiger partial charge in [0, 0.05) is 18.0 Å². The van der Waals surface area contributed by atoms with Crippen LogP contribution in [0, 0.1) is 5.41 Å². The molecule has 0 amide bonds. The third-order valence-electron chi connectivity index (χ3n) is 4.47. The van der Waals surface area contributed by atoms with E-state index in [9.17, 15) is 0 Å². The molecule has 1 heterocycles. The summed E-state index contributed by atoms with van der Waals surface area (Å²) in [5, 5.41) is 6.85. The van der Waals surface area contributed by atoms with Crippen molar-refractivity contribution in [3.05, 3.63) is 16.1 Å². The monoisotopic (exact) mass is 294 g/mol. The van der Waals surface area contributed by atoms with E-state index < -0.39 is 0 Å². The summed E-state index contributed by atoms with van der Waals surface area (Å²) in [5.74, 6) is 0. The van der Waals surface area contributed by atoms with Crippen LogP contribution in [0.15, 0.2) is 5.38 Å². The second kappa shape index (κ2) is 6.12. The SMILES string of the molecule is CC1(C)CCC(OCc2csc(CNC3CC3)n2)CC1. The van der Waals surface area contributed by atoms with Gasteiger partial charge in [-0.3, -0.25) is 0 Å². The Morgan fingerprint density at radius 1 is 1.30 bits per heavy atom. The van der Waals surface area contributed by atoms with Crippen LogP contribution in [0.25, 0.3) is 0 Å². The Bertz CT molecular complexity index is 429. The molecular weight excluding hydrogens is 268 g/mol. The normalized spacial score (nSPS) is 23.1. The largest absolute Gasteiger partial charge is 0.372 e. The van der Waals surface area contributed by atoms with Crippen molar-refractivity contribution in [1.82, 2.24) is 10.3 Å². The molecule has 0 spiro atoms. The first kappa shape index (κ1) is 14.5. The Kier molecular flexibility index (Phi) is 4.43. The summed E-state index contributed by atoms with van der Waals surface area (Å²) in [7, 11) is 0. The van der Waals surface area contributed by atoms with E-state index in [1.807, 2.05) is 0 Å². The van der Waals surface area contributed by atoms with Gasteiger partial charge in [-0.05, 0) is 43.9 Å². The first-order valence-electron chi connectivity index (χ1n) is 7.89. The molecule has 2 saturated carbocycles. The maximum atomic E-state index is 6.04. The molecule has 1 aromatic rings. The number of hydrogen-bond donors (Lipinski definition) is 1. The average Bonchev–Trinajstić information content (AvgIpc) is 3.14. The number of rotatable bonds is 6. The lowest BCUT2D eigenvalue weighted by atomic mass is 9.76. The molecule has 3 rings (SSSR count). The summed E-state index contributed by atoms with van der Waals surface area (Å²) in [6.07, 6.45) is 8.08. The Morgan fingerprint density at radius 2 is 2.05 bits per heavy atom. The molecule has 0 bridgehead atoms. The minimum Gasteiger partial charge on any atom is -0.372 e. The highest BCUT2D eigenvalue weighted by Crippen LogP contribution is 2.36. The Morgan fingerprint density at radius 3 is 2.75 bits per heavy atom. The molecule has 1 aromatic heterocycles. The average molecular weight is 294 g/mol. The van der Waals surface area contributed by atoms with Gasteiger partial charge in [-0.15, -0.1) is 11.3 Å². The fraction of sp³-hybridized carbons (Fsp3) is 0.812. The van der Waals surface area contributed by atoms with Crippen molar-refractivity contribution < 1.29 is 4.74 Å². The number of ether oxygens (including phenoxy) is 1. The lowest BCUT2D eigenvalue weighted by molar-refractivity contribution is -0.00674. The van der Waals surface area contributed by atoms with Crippen LogP contribution in [0.5, 0.6) is 0 Å². The molecule has 2 aliphatic carbocycles. The minimum atomic E-state index is 0.442. The Balaban J connectivity index is 1.39. The molecule has 2 aliphatic rings. The van der Waals surface area contributed by atoms with E-state index in [4.69, 9.17) is 4.74 Å². The Labute approximate surface area is 126 Å². The van der Waals surface area contributed by atoms with Crippen molar-refractivity contribution in [2.75, 3.05) is 0 Å². The zero-order valence-corrected chi connectivity index (χ0v) is 13.5. The van der Waals surface area contributed by atoms with Crippen LogP contribution in [0.3, 0.4) is 0 Å². The van der Waals surface area contributed by atoms with Gasteiger partial charge >= 0.3 is 0 Å². The highest BCUT2D eigenvalue weighted by Gasteiger charge is 2.27. The first-order valence-corrected chi connectivity index (χ1v) is 8.77. The predicted octanol–water partition coefficient (Wildman–Crippen LogP) is 3.88. The van der Waals surface area contributed by atoms with Gasteiger partial charge in [0.15, 0.2) is 0 Å². The van der Waals surface area contributed by atoms with E-state index in [0.29, 0.717) is 18.1 Å². The van der Waals surface area contributed by atoms with Crippen LogP contribution < -0.4 is 5.32 Å². The summed E-state index contributed by atoms with van der Waals surface area (Å²) in [6, 6.07) is 0.754. The molecule has 3 nitrogen and oxygen atoms in total. The number of hydrogen-bond acceptors (Lipinski definition) is 4. The Hall–Kier alpha value is -0.450. The lowest BCUT2D eigenvalue weighted by Gasteiger charge is -2.34. The van der Waals surface area contributed by atoms with Crippen LogP contribution in [0.1, 0.15) is 63.1 Å². The standard InChI is InChI=1S/C16H26N2OS/c1-16(2)7-5-14(6-8-16)19-10-13-11-20-15(18-13)9-17-12-3-4-12/h11-12,14,17H,3-10H2,1-2H3. The van der Waals surface area contributed by atoms with E-state index in [1.165, 1.54) is 43.5 Å². The molecule has 0 unspecified atom stereocenters. The van der Waals surface area contributed by atoms with E-state index in [0.717, 1.165) is 18.3 Å². The van der Waals surface area contributed by atoms with Crippen LogP contribution >= 0.6 is 11.3 Å². The fourth-order valence-electron chi connectivity index (χ4n) is 2.76. The van der Waals surface area contributed by atoms with Gasteiger partial charge < -0.3 is 10.1 Å². The molecular formula is C16H26N2OS. The third kappa shape index (κ3) is 4.27. The molecule has 0 radical (unpaired) electrons. The number of thiazole rings is 1. The van der Waals surface area contributed by atoms with Gasteiger partial charge in [0.25, 0.3) is 0 Å². The van der Waals surface area contributed by atoms with Gasteiger partial charge in [0.1, 0.15) is 5.01 Å². The van der Waals surface area contributed by atoms with Gasteiger partial charge in [-0.2, -0.15) is 0 Å². The predicted molar refractivity (Wildman–Crippen MR) is 82.8 cm³/mol. The van der Waals surface area contributed by atoms with Gasteiger partial charge in [0.05, 0.1) is 18.4 Å². The molecule has 2 fully saturated rings. The zero-order chi connectivity index (χ0) is 14.0. The smallest absolute Gasteiger partial charge is 0.107 e. The summed E-state index contributed by atoms with van der Waals surface area (Å²) < 4.78 is 6.04. The van der Waals surface area contributed by atoms with Crippen molar-refractivity contribution >= 4 is 11.3 Å².